The fourth-order valence-electron chi connectivity index (χ4n) is 5.17. The van der Waals surface area contributed by atoms with Crippen molar-refractivity contribution in [3.05, 3.63) is 48.0 Å². The van der Waals surface area contributed by atoms with Gasteiger partial charge in [0.25, 0.3) is 0 Å². The molecule has 2 aliphatic carbocycles. The molecule has 4 rings (SSSR count). The van der Waals surface area contributed by atoms with Crippen LogP contribution in [0.1, 0.15) is 31.2 Å². The Morgan fingerprint density at radius 2 is 1.63 bits per heavy atom. The normalized spacial score (nSPS) is 27.1. The first kappa shape index (κ1) is 20.6. The zero-order chi connectivity index (χ0) is 20.9. The molecule has 4 unspecified atom stereocenters. The van der Waals surface area contributed by atoms with Gasteiger partial charge in [-0.25, -0.2) is 0 Å². The standard InChI is InChI=1S/C24H32N4O2/c1-25-24(26-13-7-3-6-10-17-8-4-2-5-9-17)27-14-15-28-22(29)20-18-11-12-19(16-18)21(20)23(28)30/h2,4-5,8-9,11-12,18-21H,3,6-7,10,13-16H2,1H3,(H2,25,26,27). The molecule has 0 aromatic heterocycles. The summed E-state index contributed by atoms with van der Waals surface area (Å²) < 4.78 is 0. The van der Waals surface area contributed by atoms with Crippen LogP contribution < -0.4 is 10.6 Å². The summed E-state index contributed by atoms with van der Waals surface area (Å²) >= 11 is 0. The molecule has 6 nitrogen and oxygen atoms in total. The predicted octanol–water partition coefficient (Wildman–Crippen LogP) is 2.37. The summed E-state index contributed by atoms with van der Waals surface area (Å²) in [5.74, 6) is 1.08. The number of nitrogens with zero attached hydrogens (tertiary/aromatic N) is 2. The number of aliphatic imine (C=N–C) groups is 1. The lowest BCUT2D eigenvalue weighted by atomic mass is 9.85. The lowest BCUT2D eigenvalue weighted by Gasteiger charge is -2.18. The van der Waals surface area contributed by atoms with Crippen molar-refractivity contribution in [3.8, 4) is 0 Å². The van der Waals surface area contributed by atoms with Crippen LogP contribution in [0.4, 0.5) is 0 Å². The highest BCUT2D eigenvalue weighted by Gasteiger charge is 2.58. The lowest BCUT2D eigenvalue weighted by molar-refractivity contribution is -0.140. The Morgan fingerprint density at radius 3 is 2.30 bits per heavy atom. The lowest BCUT2D eigenvalue weighted by Crippen LogP contribution is -2.43. The number of fused-ring (bicyclic) bond motifs is 5. The minimum atomic E-state index is -0.110. The summed E-state index contributed by atoms with van der Waals surface area (Å²) in [5, 5.41) is 6.56. The summed E-state index contributed by atoms with van der Waals surface area (Å²) in [6.07, 6.45) is 9.77. The number of hydrogen-bond acceptors (Lipinski definition) is 3. The second kappa shape index (κ2) is 9.45. The Hall–Kier alpha value is -2.63. The van der Waals surface area contributed by atoms with Gasteiger partial charge in [-0.15, -0.1) is 0 Å². The van der Waals surface area contributed by atoms with E-state index >= 15 is 0 Å². The zero-order valence-corrected chi connectivity index (χ0v) is 17.7. The van der Waals surface area contributed by atoms with E-state index in [-0.39, 0.29) is 35.5 Å². The first-order valence-electron chi connectivity index (χ1n) is 11.2. The molecule has 2 N–H and O–H groups in total. The van der Waals surface area contributed by atoms with Crippen molar-refractivity contribution < 1.29 is 9.59 Å². The summed E-state index contributed by atoms with van der Waals surface area (Å²) in [6, 6.07) is 10.6. The molecule has 1 aliphatic heterocycles. The van der Waals surface area contributed by atoms with Crippen LogP contribution in [0.3, 0.4) is 0 Å². The third-order valence-corrected chi connectivity index (χ3v) is 6.69. The molecule has 2 amide bonds. The van der Waals surface area contributed by atoms with Gasteiger partial charge in [-0.2, -0.15) is 0 Å². The van der Waals surface area contributed by atoms with Gasteiger partial charge in [-0.1, -0.05) is 48.9 Å². The van der Waals surface area contributed by atoms with Crippen molar-refractivity contribution in [1.29, 1.82) is 0 Å². The predicted molar refractivity (Wildman–Crippen MR) is 118 cm³/mol. The van der Waals surface area contributed by atoms with E-state index in [1.807, 2.05) is 6.07 Å². The molecule has 30 heavy (non-hydrogen) atoms. The molecule has 3 aliphatic rings. The minimum Gasteiger partial charge on any atom is -0.356 e. The number of rotatable bonds is 9. The van der Waals surface area contributed by atoms with Gasteiger partial charge in [0, 0.05) is 26.7 Å². The Labute approximate surface area is 178 Å². The Bertz CT molecular complexity index is 790. The van der Waals surface area contributed by atoms with Gasteiger partial charge in [0.15, 0.2) is 5.96 Å². The van der Waals surface area contributed by atoms with Gasteiger partial charge in [-0.3, -0.25) is 19.5 Å². The molecule has 2 bridgehead atoms. The number of allylic oxidation sites excluding steroid dienone is 2. The topological polar surface area (TPSA) is 73.8 Å². The maximum absolute atomic E-state index is 12.7. The van der Waals surface area contributed by atoms with E-state index in [1.165, 1.54) is 16.9 Å². The van der Waals surface area contributed by atoms with Gasteiger partial charge < -0.3 is 10.6 Å². The van der Waals surface area contributed by atoms with Crippen LogP contribution in [0.2, 0.25) is 0 Å². The van der Waals surface area contributed by atoms with Crippen LogP contribution in [0.5, 0.6) is 0 Å². The highest BCUT2D eigenvalue weighted by atomic mass is 16.2. The average Bonchev–Trinajstić information content (AvgIpc) is 3.45. The van der Waals surface area contributed by atoms with E-state index in [9.17, 15) is 9.59 Å². The number of carbonyl (C=O) groups excluding carboxylic acids is 2. The zero-order valence-electron chi connectivity index (χ0n) is 17.7. The van der Waals surface area contributed by atoms with Crippen LogP contribution in [-0.2, 0) is 16.0 Å². The van der Waals surface area contributed by atoms with Gasteiger partial charge in [0.1, 0.15) is 0 Å². The minimum absolute atomic E-state index is 0.0185. The van der Waals surface area contributed by atoms with Crippen molar-refractivity contribution in [3.63, 3.8) is 0 Å². The van der Waals surface area contributed by atoms with Gasteiger partial charge in [0.2, 0.25) is 11.8 Å². The number of unbranched alkanes of at least 4 members (excludes halogenated alkanes) is 2. The van der Waals surface area contributed by atoms with Crippen molar-refractivity contribution in [2.45, 2.75) is 32.1 Å². The van der Waals surface area contributed by atoms with Gasteiger partial charge >= 0.3 is 0 Å². The monoisotopic (exact) mass is 408 g/mol. The first-order chi connectivity index (χ1) is 14.7. The van der Waals surface area contributed by atoms with Gasteiger partial charge in [0.05, 0.1) is 11.8 Å². The third-order valence-electron chi connectivity index (χ3n) is 6.69. The second-order valence-electron chi connectivity index (χ2n) is 8.55. The number of aryl methyl sites for hydroxylation is 1. The maximum atomic E-state index is 12.7. The number of imide groups is 1. The van der Waals surface area contributed by atoms with Crippen LogP contribution in [0.25, 0.3) is 0 Å². The first-order valence-corrected chi connectivity index (χ1v) is 11.2. The van der Waals surface area contributed by atoms with Crippen molar-refractivity contribution in [1.82, 2.24) is 15.5 Å². The maximum Gasteiger partial charge on any atom is 0.233 e. The average molecular weight is 409 g/mol. The van der Waals surface area contributed by atoms with Crippen LogP contribution in [-0.4, -0.2) is 49.4 Å². The quantitative estimate of drug-likeness (QED) is 0.216. The molecule has 0 radical (unpaired) electrons. The number of benzene rings is 1. The van der Waals surface area contributed by atoms with Crippen LogP contribution in [0.15, 0.2) is 47.5 Å². The van der Waals surface area contributed by atoms with E-state index in [0.717, 1.165) is 38.2 Å². The smallest absolute Gasteiger partial charge is 0.233 e. The molecular formula is C24H32N4O2. The molecule has 2 fully saturated rings. The Kier molecular flexibility index (Phi) is 6.50. The number of carbonyl (C=O) groups is 2. The number of hydrogen-bond donors (Lipinski definition) is 2. The van der Waals surface area contributed by atoms with E-state index < -0.39 is 0 Å². The molecule has 1 aromatic rings. The summed E-state index contributed by atoms with van der Waals surface area (Å²) in [5.41, 5.74) is 1.39. The molecule has 160 valence electrons. The second-order valence-corrected chi connectivity index (χ2v) is 8.55. The summed E-state index contributed by atoms with van der Waals surface area (Å²) in [4.78, 5) is 31.1. The van der Waals surface area contributed by atoms with Crippen LogP contribution >= 0.6 is 0 Å². The van der Waals surface area contributed by atoms with Crippen molar-refractivity contribution in [2.75, 3.05) is 26.7 Å². The number of likely N-dealkylation sites (tertiary alicyclic amines) is 1. The van der Waals surface area contributed by atoms with E-state index in [1.54, 1.807) is 7.05 Å². The highest BCUT2D eigenvalue weighted by molar-refractivity contribution is 6.06. The molecule has 6 heteroatoms. The van der Waals surface area contributed by atoms with Crippen LogP contribution in [0, 0.1) is 23.7 Å². The summed E-state index contributed by atoms with van der Waals surface area (Å²) in [6.45, 7) is 1.78. The number of amides is 2. The molecule has 1 saturated carbocycles. The fourth-order valence-corrected chi connectivity index (χ4v) is 5.17. The Morgan fingerprint density at radius 1 is 0.967 bits per heavy atom. The molecule has 1 saturated heterocycles. The van der Waals surface area contributed by atoms with E-state index in [4.69, 9.17) is 0 Å². The highest BCUT2D eigenvalue weighted by Crippen LogP contribution is 2.52. The third kappa shape index (κ3) is 4.27. The number of guanidine groups is 1. The van der Waals surface area contributed by atoms with E-state index in [0.29, 0.717) is 13.1 Å². The molecule has 1 heterocycles. The molecule has 4 atom stereocenters. The number of nitrogens with one attached hydrogen (secondary N) is 2. The molecular weight excluding hydrogens is 376 g/mol. The summed E-state index contributed by atoms with van der Waals surface area (Å²) in [7, 11) is 1.74. The van der Waals surface area contributed by atoms with E-state index in [2.05, 4.69) is 52.0 Å². The molecule has 0 spiro atoms. The SMILES string of the molecule is CN=C(NCCCCCc1ccccc1)NCCN1C(=O)C2C3C=CC(C3)C2C1=O. The van der Waals surface area contributed by atoms with Gasteiger partial charge in [-0.05, 0) is 43.1 Å². The van der Waals surface area contributed by atoms with Crippen molar-refractivity contribution in [2.24, 2.45) is 28.7 Å². The Balaban J connectivity index is 1.12. The largest absolute Gasteiger partial charge is 0.356 e. The van der Waals surface area contributed by atoms with Crippen molar-refractivity contribution >= 4 is 17.8 Å². The molecule has 1 aromatic carbocycles. The fraction of sp³-hybridized carbons (Fsp3) is 0.542.